The van der Waals surface area contributed by atoms with Gasteiger partial charge in [0.2, 0.25) is 0 Å². The molecule has 120 valence electrons. The highest BCUT2D eigenvalue weighted by Crippen LogP contribution is 2.32. The van der Waals surface area contributed by atoms with Gasteiger partial charge in [-0.15, -0.1) is 0 Å². The number of rotatable bonds is 2. The Labute approximate surface area is 140 Å². The molecule has 0 saturated heterocycles. The second-order valence-corrected chi connectivity index (χ2v) is 5.89. The van der Waals surface area contributed by atoms with E-state index < -0.39 is 0 Å². The average molecular weight is 317 g/mol. The molecule has 2 aromatic rings. The molecule has 0 unspecified atom stereocenters. The van der Waals surface area contributed by atoms with Crippen molar-refractivity contribution >= 4 is 27.6 Å². The van der Waals surface area contributed by atoms with E-state index in [0.717, 1.165) is 56.5 Å². The first-order valence-electron chi connectivity index (χ1n) is 8.15. The molecule has 0 fully saturated rings. The van der Waals surface area contributed by atoms with Gasteiger partial charge in [0.1, 0.15) is 11.2 Å². The van der Waals surface area contributed by atoms with Gasteiger partial charge in [0, 0.05) is 42.2 Å². The molecular weight excluding hydrogens is 298 g/mol. The minimum absolute atomic E-state index is 0.758. The molecule has 1 N–H and O–H groups in total. The Balaban J connectivity index is 2.13. The van der Waals surface area contributed by atoms with Gasteiger partial charge < -0.3 is 9.73 Å². The Hall–Kier alpha value is -2.88. The highest BCUT2D eigenvalue weighted by molar-refractivity contribution is 5.96. The number of aryl methyl sites for hydroxylation is 1. The van der Waals surface area contributed by atoms with Crippen LogP contribution >= 0.6 is 0 Å². The van der Waals surface area contributed by atoms with E-state index in [9.17, 15) is 0 Å². The lowest BCUT2D eigenvalue weighted by Crippen LogP contribution is -2.06. The largest absolute Gasteiger partial charge is 0.453 e. The fraction of sp³-hybridized carbons (Fsp3) is 0.200. The van der Waals surface area contributed by atoms with Crippen LogP contribution in [0.4, 0.5) is 5.69 Å². The van der Waals surface area contributed by atoms with Crippen molar-refractivity contribution in [1.29, 1.82) is 0 Å². The van der Waals surface area contributed by atoms with Crippen LogP contribution in [0.5, 0.6) is 0 Å². The van der Waals surface area contributed by atoms with Gasteiger partial charge >= 0.3 is 0 Å². The van der Waals surface area contributed by atoms with E-state index in [4.69, 9.17) is 9.40 Å². The zero-order chi connectivity index (χ0) is 16.7. The summed E-state index contributed by atoms with van der Waals surface area (Å²) in [5.74, 6) is 0.758. The quantitative estimate of drug-likeness (QED) is 0.441. The molecule has 0 atom stereocenters. The minimum Gasteiger partial charge on any atom is -0.453 e. The van der Waals surface area contributed by atoms with Gasteiger partial charge in [-0.2, -0.15) is 0 Å². The van der Waals surface area contributed by atoms with E-state index in [2.05, 4.69) is 42.4 Å². The molecule has 0 amide bonds. The summed E-state index contributed by atoms with van der Waals surface area (Å²) in [5.41, 5.74) is 4.77. The minimum atomic E-state index is 0.758. The zero-order valence-electron chi connectivity index (χ0n) is 14.1. The van der Waals surface area contributed by atoms with E-state index in [-0.39, 0.29) is 0 Å². The Morgan fingerprint density at radius 3 is 2.67 bits per heavy atom. The average Bonchev–Trinajstić information content (AvgIpc) is 2.60. The molecule has 24 heavy (non-hydrogen) atoms. The summed E-state index contributed by atoms with van der Waals surface area (Å²) in [6.07, 6.45) is 0. The van der Waals surface area contributed by atoms with E-state index in [0.29, 0.717) is 0 Å². The van der Waals surface area contributed by atoms with Crippen LogP contribution in [0.1, 0.15) is 12.5 Å². The molecule has 4 rings (SSSR count). The summed E-state index contributed by atoms with van der Waals surface area (Å²) in [5, 5.41) is 6.44. The smallest absolute Gasteiger partial charge is 0.155 e. The monoisotopic (exact) mass is 317 g/mol. The molecule has 1 aliphatic heterocycles. The molecule has 0 bridgehead atoms. The van der Waals surface area contributed by atoms with Crippen LogP contribution in [0.2, 0.25) is 0 Å². The first kappa shape index (κ1) is 14.7. The Morgan fingerprint density at radius 1 is 1.12 bits per heavy atom. The number of anilines is 1. The van der Waals surface area contributed by atoms with Crippen LogP contribution in [0.25, 0.3) is 33.3 Å². The standard InChI is InChI=1S/C20H19N3O/c1-4-22-15-10-18-17(9-12(15)2)23-20-14-8-6-5-7-13(14)16(21-3)11-19(20)24-18/h5-11,22H,4H2,1-3H3. The first-order chi connectivity index (χ1) is 11.7. The van der Waals surface area contributed by atoms with Crippen molar-refractivity contribution in [2.75, 3.05) is 18.9 Å². The van der Waals surface area contributed by atoms with Gasteiger partial charge in [-0.1, -0.05) is 24.3 Å². The molecule has 1 heterocycles. The van der Waals surface area contributed by atoms with Crippen molar-refractivity contribution in [2.45, 2.75) is 13.8 Å². The van der Waals surface area contributed by atoms with Crippen molar-refractivity contribution in [2.24, 2.45) is 4.99 Å². The lowest BCUT2D eigenvalue weighted by molar-refractivity contribution is 0.613. The highest BCUT2D eigenvalue weighted by atomic mass is 16.3. The van der Waals surface area contributed by atoms with Crippen molar-refractivity contribution in [3.63, 3.8) is 0 Å². The molecule has 0 radical (unpaired) electrons. The first-order valence-corrected chi connectivity index (χ1v) is 8.15. The second-order valence-electron chi connectivity index (χ2n) is 5.89. The molecule has 4 heteroatoms. The van der Waals surface area contributed by atoms with Crippen molar-refractivity contribution < 1.29 is 4.42 Å². The van der Waals surface area contributed by atoms with Crippen molar-refractivity contribution in [3.8, 4) is 11.5 Å². The number of fused-ring (bicyclic) bond motifs is 4. The zero-order valence-corrected chi connectivity index (χ0v) is 14.1. The number of nitrogens with one attached hydrogen (secondary N) is 1. The van der Waals surface area contributed by atoms with E-state index in [1.54, 1.807) is 7.05 Å². The molecule has 1 aliphatic carbocycles. The van der Waals surface area contributed by atoms with Gasteiger partial charge in [0.25, 0.3) is 0 Å². The lowest BCUT2D eigenvalue weighted by atomic mass is 10.0. The van der Waals surface area contributed by atoms with Gasteiger partial charge in [-0.25, -0.2) is 4.98 Å². The van der Waals surface area contributed by atoms with Crippen LogP contribution in [-0.4, -0.2) is 18.6 Å². The predicted molar refractivity (Wildman–Crippen MR) is 98.5 cm³/mol. The number of hydrogen-bond donors (Lipinski definition) is 1. The molecule has 0 spiro atoms. The third kappa shape index (κ3) is 2.22. The van der Waals surface area contributed by atoms with Crippen LogP contribution in [0.15, 0.2) is 51.9 Å². The maximum atomic E-state index is 6.18. The number of aromatic nitrogens is 1. The van der Waals surface area contributed by atoms with Crippen molar-refractivity contribution in [1.82, 2.24) is 4.98 Å². The molecule has 4 nitrogen and oxygen atoms in total. The van der Waals surface area contributed by atoms with E-state index in [1.165, 1.54) is 0 Å². The van der Waals surface area contributed by atoms with Crippen molar-refractivity contribution in [3.05, 3.63) is 53.4 Å². The number of benzene rings is 3. The third-order valence-corrected chi connectivity index (χ3v) is 4.33. The molecule has 2 aliphatic rings. The van der Waals surface area contributed by atoms with Crippen LogP contribution in [0.3, 0.4) is 0 Å². The predicted octanol–water partition coefficient (Wildman–Crippen LogP) is 4.36. The maximum Gasteiger partial charge on any atom is 0.155 e. The molecule has 0 aromatic heterocycles. The topological polar surface area (TPSA) is 50.4 Å². The molecule has 2 aromatic carbocycles. The fourth-order valence-electron chi connectivity index (χ4n) is 3.16. The molecular formula is C20H19N3O. The summed E-state index contributed by atoms with van der Waals surface area (Å²) in [6, 6.07) is 14.3. The highest BCUT2D eigenvalue weighted by Gasteiger charge is 2.15. The lowest BCUT2D eigenvalue weighted by Gasteiger charge is -2.13. The van der Waals surface area contributed by atoms with Crippen LogP contribution < -0.4 is 10.7 Å². The SMILES string of the molecule is CCNc1cc2oc3cc(=NC)c4ccccc4c-3nc2cc1C. The Bertz CT molecular complexity index is 1100. The Morgan fingerprint density at radius 2 is 1.92 bits per heavy atom. The van der Waals surface area contributed by atoms with Gasteiger partial charge in [-0.05, 0) is 25.5 Å². The van der Waals surface area contributed by atoms with Gasteiger partial charge in [0.15, 0.2) is 11.3 Å². The Kier molecular flexibility index (Phi) is 3.45. The van der Waals surface area contributed by atoms with E-state index in [1.807, 2.05) is 24.3 Å². The summed E-state index contributed by atoms with van der Waals surface area (Å²) in [4.78, 5) is 9.27. The maximum absolute atomic E-state index is 6.18. The van der Waals surface area contributed by atoms with Gasteiger partial charge in [-0.3, -0.25) is 4.99 Å². The number of hydrogen-bond acceptors (Lipinski definition) is 4. The molecule has 0 saturated carbocycles. The van der Waals surface area contributed by atoms with E-state index >= 15 is 0 Å². The summed E-state index contributed by atoms with van der Waals surface area (Å²) in [6.45, 7) is 5.04. The fourth-order valence-corrected chi connectivity index (χ4v) is 3.16. The van der Waals surface area contributed by atoms with Crippen LogP contribution in [0, 0.1) is 6.92 Å². The summed E-state index contributed by atoms with van der Waals surface area (Å²) < 4.78 is 6.18. The van der Waals surface area contributed by atoms with Crippen LogP contribution in [-0.2, 0) is 0 Å². The summed E-state index contributed by atoms with van der Waals surface area (Å²) in [7, 11) is 1.80. The third-order valence-electron chi connectivity index (χ3n) is 4.33. The summed E-state index contributed by atoms with van der Waals surface area (Å²) >= 11 is 0. The number of nitrogens with zero attached hydrogens (tertiary/aromatic N) is 2. The normalized spacial score (nSPS) is 12.4. The second kappa shape index (κ2) is 5.64. The van der Waals surface area contributed by atoms with Gasteiger partial charge in [0.05, 0.1) is 5.36 Å².